The Kier molecular flexibility index (Phi) is 5.49. The van der Waals surface area contributed by atoms with Gasteiger partial charge >= 0.3 is 0 Å². The number of ether oxygens (including phenoxy) is 4. The molecule has 1 saturated heterocycles. The zero-order chi connectivity index (χ0) is 18.9. The van der Waals surface area contributed by atoms with Crippen LogP contribution in [0.1, 0.15) is 32.6 Å². The van der Waals surface area contributed by atoms with Gasteiger partial charge in [-0.15, -0.1) is 0 Å². The summed E-state index contributed by atoms with van der Waals surface area (Å²) in [5.74, 6) is 0.811. The largest absolute Gasteiger partial charge is 0.497 e. The lowest BCUT2D eigenvalue weighted by atomic mass is 10.0. The minimum atomic E-state index is -1.93. The molecular formula is C20H30O5Si. The van der Waals surface area contributed by atoms with Crippen molar-refractivity contribution in [1.82, 2.24) is 0 Å². The molecule has 0 amide bonds. The molecule has 144 valence electrons. The fourth-order valence-electron chi connectivity index (χ4n) is 2.84. The Hall–Kier alpha value is -1.34. The van der Waals surface area contributed by atoms with E-state index < -0.39 is 14.6 Å². The molecule has 0 N–H and O–H groups in total. The molecule has 6 heteroatoms. The summed E-state index contributed by atoms with van der Waals surface area (Å²) in [6.45, 7) is 11.7. The second kappa shape index (κ2) is 7.35. The van der Waals surface area contributed by atoms with Crippen molar-refractivity contribution in [2.45, 2.75) is 63.5 Å². The summed E-state index contributed by atoms with van der Waals surface area (Å²) in [6.07, 6.45) is 2.80. The smallest absolute Gasteiger partial charge is 0.193 e. The van der Waals surface area contributed by atoms with Gasteiger partial charge in [0.25, 0.3) is 0 Å². The van der Waals surface area contributed by atoms with Crippen LogP contribution >= 0.6 is 0 Å². The van der Waals surface area contributed by atoms with Gasteiger partial charge < -0.3 is 23.4 Å². The van der Waals surface area contributed by atoms with Gasteiger partial charge in [0.2, 0.25) is 0 Å². The summed E-state index contributed by atoms with van der Waals surface area (Å²) < 4.78 is 29.7. The number of fused-ring (bicyclic) bond motifs is 1. The molecule has 3 rings (SSSR count). The van der Waals surface area contributed by atoms with Crippen molar-refractivity contribution in [3.05, 3.63) is 42.2 Å². The Labute approximate surface area is 157 Å². The highest BCUT2D eigenvalue weighted by Gasteiger charge is 2.46. The molecule has 2 heterocycles. The van der Waals surface area contributed by atoms with Gasteiger partial charge in [-0.05, 0) is 36.3 Å². The van der Waals surface area contributed by atoms with E-state index >= 15 is 0 Å². The third kappa shape index (κ3) is 3.98. The normalized spacial score (nSPS) is 29.0. The molecule has 1 fully saturated rings. The molecule has 2 aliphatic heterocycles. The maximum Gasteiger partial charge on any atom is 0.193 e. The van der Waals surface area contributed by atoms with Crippen LogP contribution < -0.4 is 4.74 Å². The van der Waals surface area contributed by atoms with Crippen molar-refractivity contribution >= 4 is 8.32 Å². The lowest BCUT2D eigenvalue weighted by Gasteiger charge is -2.45. The summed E-state index contributed by atoms with van der Waals surface area (Å²) in [6, 6.07) is 7.75. The second-order valence-corrected chi connectivity index (χ2v) is 13.1. The van der Waals surface area contributed by atoms with Crippen LogP contribution in [0, 0.1) is 0 Å². The van der Waals surface area contributed by atoms with Crippen molar-refractivity contribution in [2.75, 3.05) is 13.7 Å². The molecule has 0 radical (unpaired) electrons. The van der Waals surface area contributed by atoms with Crippen LogP contribution in [0.2, 0.25) is 18.1 Å². The van der Waals surface area contributed by atoms with Gasteiger partial charge in [0.1, 0.15) is 11.9 Å². The van der Waals surface area contributed by atoms with Crippen LogP contribution in [0.25, 0.3) is 0 Å². The van der Waals surface area contributed by atoms with Gasteiger partial charge in [-0.2, -0.15) is 0 Å². The Morgan fingerprint density at radius 3 is 2.42 bits per heavy atom. The fourth-order valence-corrected chi connectivity index (χ4v) is 4.09. The standard InChI is InChI=1S/C20H30O5Si/c1-20(2,3)26(5,6)25-16-11-12-22-17-13-23-19(24-18(16)17)14-7-9-15(21-4)10-8-14/h7-12,16-19H,13H2,1-6H3/t16-,17-,18+,19?/m1/s1. The molecule has 5 nitrogen and oxygen atoms in total. The van der Waals surface area contributed by atoms with Gasteiger partial charge in [-0.3, -0.25) is 0 Å². The Morgan fingerprint density at radius 1 is 1.12 bits per heavy atom. The Balaban J connectivity index is 1.75. The zero-order valence-electron chi connectivity index (χ0n) is 16.5. The zero-order valence-corrected chi connectivity index (χ0v) is 17.5. The van der Waals surface area contributed by atoms with Gasteiger partial charge in [-0.1, -0.05) is 32.9 Å². The minimum absolute atomic E-state index is 0.126. The van der Waals surface area contributed by atoms with E-state index in [2.05, 4.69) is 33.9 Å². The van der Waals surface area contributed by atoms with Gasteiger partial charge in [0.15, 0.2) is 20.7 Å². The van der Waals surface area contributed by atoms with Gasteiger partial charge in [0, 0.05) is 5.56 Å². The first-order chi connectivity index (χ1) is 12.2. The second-order valence-electron chi connectivity index (χ2n) is 8.38. The van der Waals surface area contributed by atoms with E-state index in [-0.39, 0.29) is 23.4 Å². The predicted molar refractivity (Wildman–Crippen MR) is 103 cm³/mol. The van der Waals surface area contributed by atoms with E-state index in [4.69, 9.17) is 23.4 Å². The molecule has 4 atom stereocenters. The van der Waals surface area contributed by atoms with E-state index in [1.54, 1.807) is 13.4 Å². The maximum atomic E-state index is 6.60. The van der Waals surface area contributed by atoms with Crippen molar-refractivity contribution in [3.63, 3.8) is 0 Å². The Morgan fingerprint density at radius 2 is 1.81 bits per heavy atom. The molecule has 0 spiro atoms. The molecule has 0 aromatic heterocycles. The van der Waals surface area contributed by atoms with E-state index in [1.807, 2.05) is 30.3 Å². The third-order valence-electron chi connectivity index (χ3n) is 5.53. The average Bonchev–Trinajstić information content (AvgIpc) is 2.60. The summed E-state index contributed by atoms with van der Waals surface area (Å²) in [7, 11) is -0.272. The first kappa shape index (κ1) is 19.4. The summed E-state index contributed by atoms with van der Waals surface area (Å²) in [5.41, 5.74) is 0.963. The SMILES string of the molecule is COc1ccc(C2OC[C@H]3OC=C[C@@H](O[Si](C)(C)C(C)(C)C)[C@@H]3O2)cc1. The molecular weight excluding hydrogens is 348 g/mol. The van der Waals surface area contributed by atoms with Crippen molar-refractivity contribution in [2.24, 2.45) is 0 Å². The summed E-state index contributed by atoms with van der Waals surface area (Å²) in [4.78, 5) is 0. The monoisotopic (exact) mass is 378 g/mol. The fraction of sp³-hybridized carbons (Fsp3) is 0.600. The summed E-state index contributed by atoms with van der Waals surface area (Å²) in [5, 5.41) is 0.134. The molecule has 26 heavy (non-hydrogen) atoms. The van der Waals surface area contributed by atoms with E-state index in [1.165, 1.54) is 0 Å². The molecule has 0 aliphatic carbocycles. The number of methoxy groups -OCH3 is 1. The highest BCUT2D eigenvalue weighted by molar-refractivity contribution is 6.74. The number of hydrogen-bond donors (Lipinski definition) is 0. The van der Waals surface area contributed by atoms with E-state index in [0.717, 1.165) is 11.3 Å². The lowest BCUT2D eigenvalue weighted by molar-refractivity contribution is -0.274. The van der Waals surface area contributed by atoms with Gasteiger partial charge in [0.05, 0.1) is 26.1 Å². The third-order valence-corrected chi connectivity index (χ3v) is 10.0. The maximum absolute atomic E-state index is 6.60. The molecule has 1 aromatic carbocycles. The number of benzene rings is 1. The highest BCUT2D eigenvalue weighted by atomic mass is 28.4. The topological polar surface area (TPSA) is 46.2 Å². The Bertz CT molecular complexity index is 635. The summed E-state index contributed by atoms with van der Waals surface area (Å²) >= 11 is 0. The van der Waals surface area contributed by atoms with E-state index in [9.17, 15) is 0 Å². The highest BCUT2D eigenvalue weighted by Crippen LogP contribution is 2.40. The van der Waals surface area contributed by atoms with Crippen LogP contribution in [-0.2, 0) is 18.6 Å². The first-order valence-corrected chi connectivity index (χ1v) is 12.0. The quantitative estimate of drug-likeness (QED) is 0.726. The molecule has 0 saturated carbocycles. The molecule has 1 unspecified atom stereocenters. The lowest BCUT2D eigenvalue weighted by Crippen LogP contribution is -2.54. The number of hydrogen-bond acceptors (Lipinski definition) is 5. The van der Waals surface area contributed by atoms with Crippen LogP contribution in [0.3, 0.4) is 0 Å². The van der Waals surface area contributed by atoms with Gasteiger partial charge in [-0.25, -0.2) is 0 Å². The molecule has 1 aromatic rings. The van der Waals surface area contributed by atoms with E-state index in [0.29, 0.717) is 6.61 Å². The minimum Gasteiger partial charge on any atom is -0.497 e. The number of rotatable bonds is 4. The predicted octanol–water partition coefficient (Wildman–Crippen LogP) is 4.41. The van der Waals surface area contributed by atoms with Crippen molar-refractivity contribution in [1.29, 1.82) is 0 Å². The van der Waals surface area contributed by atoms with Crippen LogP contribution in [0.5, 0.6) is 5.75 Å². The van der Waals surface area contributed by atoms with Crippen LogP contribution in [-0.4, -0.2) is 40.3 Å². The average molecular weight is 379 g/mol. The van der Waals surface area contributed by atoms with Crippen LogP contribution in [0.4, 0.5) is 0 Å². The van der Waals surface area contributed by atoms with Crippen molar-refractivity contribution < 1.29 is 23.4 Å². The van der Waals surface area contributed by atoms with Crippen LogP contribution in [0.15, 0.2) is 36.6 Å². The molecule has 2 aliphatic rings. The molecule has 0 bridgehead atoms. The first-order valence-electron chi connectivity index (χ1n) is 9.12. The van der Waals surface area contributed by atoms with Crippen molar-refractivity contribution in [3.8, 4) is 5.75 Å².